The van der Waals surface area contributed by atoms with Crippen LogP contribution < -0.4 is 10.6 Å². The smallest absolute Gasteiger partial charge is 0.191 e. The van der Waals surface area contributed by atoms with Gasteiger partial charge in [-0.2, -0.15) is 0 Å². The van der Waals surface area contributed by atoms with E-state index >= 15 is 0 Å². The summed E-state index contributed by atoms with van der Waals surface area (Å²) in [5.41, 5.74) is 0. The summed E-state index contributed by atoms with van der Waals surface area (Å²) in [6.45, 7) is 7.21. The Morgan fingerprint density at radius 3 is 2.56 bits per heavy atom. The van der Waals surface area contributed by atoms with Crippen molar-refractivity contribution in [1.82, 2.24) is 10.6 Å². The fourth-order valence-electron chi connectivity index (χ4n) is 1.25. The van der Waals surface area contributed by atoms with Gasteiger partial charge < -0.3 is 15.4 Å². The zero-order valence-electron chi connectivity index (χ0n) is 11.5. The van der Waals surface area contributed by atoms with Crippen molar-refractivity contribution in [3.63, 3.8) is 0 Å². The first-order valence-corrected chi connectivity index (χ1v) is 8.33. The largest absolute Gasteiger partial charge is 0.380 e. The molecule has 0 fully saturated rings. The van der Waals surface area contributed by atoms with Gasteiger partial charge in [-0.15, -0.1) is 0 Å². The molecule has 0 aliphatic rings. The Labute approximate surface area is 110 Å². The molecule has 7 heteroatoms. The first-order chi connectivity index (χ1) is 8.49. The SMILES string of the molecule is CCNC(=NCCCS(C)(=O)=O)NCCOCC. The third-order valence-corrected chi connectivity index (χ3v) is 3.06. The highest BCUT2D eigenvalue weighted by Gasteiger charge is 2.01. The van der Waals surface area contributed by atoms with Crippen LogP contribution in [-0.4, -0.2) is 59.2 Å². The zero-order chi connectivity index (χ0) is 13.9. The van der Waals surface area contributed by atoms with Gasteiger partial charge in [0.25, 0.3) is 0 Å². The van der Waals surface area contributed by atoms with Crippen LogP contribution in [0, 0.1) is 0 Å². The fourth-order valence-corrected chi connectivity index (χ4v) is 1.90. The lowest BCUT2D eigenvalue weighted by Gasteiger charge is -2.10. The summed E-state index contributed by atoms with van der Waals surface area (Å²) in [5, 5.41) is 6.21. The van der Waals surface area contributed by atoms with Gasteiger partial charge >= 0.3 is 0 Å². The monoisotopic (exact) mass is 279 g/mol. The summed E-state index contributed by atoms with van der Waals surface area (Å²) < 4.78 is 27.1. The van der Waals surface area contributed by atoms with Crippen molar-refractivity contribution < 1.29 is 13.2 Å². The highest BCUT2D eigenvalue weighted by Crippen LogP contribution is 1.89. The minimum atomic E-state index is -2.89. The molecule has 0 aromatic rings. The van der Waals surface area contributed by atoms with Crippen molar-refractivity contribution in [3.8, 4) is 0 Å². The van der Waals surface area contributed by atoms with E-state index in [0.29, 0.717) is 38.7 Å². The maximum Gasteiger partial charge on any atom is 0.191 e. The predicted octanol–water partition coefficient (Wildman–Crippen LogP) is 0.0127. The molecule has 0 unspecified atom stereocenters. The number of nitrogens with zero attached hydrogens (tertiary/aromatic N) is 1. The quantitative estimate of drug-likeness (QED) is 0.353. The van der Waals surface area contributed by atoms with Crippen molar-refractivity contribution in [2.45, 2.75) is 20.3 Å². The molecule has 6 nitrogen and oxygen atoms in total. The highest BCUT2D eigenvalue weighted by molar-refractivity contribution is 7.90. The Hall–Kier alpha value is -0.820. The van der Waals surface area contributed by atoms with Crippen molar-refractivity contribution in [1.29, 1.82) is 0 Å². The molecular formula is C11H25N3O3S. The van der Waals surface area contributed by atoms with Crippen LogP contribution in [0.15, 0.2) is 4.99 Å². The average molecular weight is 279 g/mol. The molecule has 0 heterocycles. The average Bonchev–Trinajstić information content (AvgIpc) is 2.28. The Bertz CT molecular complexity index is 328. The second-order valence-electron chi connectivity index (χ2n) is 3.87. The molecule has 0 bridgehead atoms. The van der Waals surface area contributed by atoms with Crippen molar-refractivity contribution in [2.24, 2.45) is 4.99 Å². The van der Waals surface area contributed by atoms with Gasteiger partial charge in [0.15, 0.2) is 5.96 Å². The molecule has 108 valence electrons. The minimum Gasteiger partial charge on any atom is -0.380 e. The molecule has 0 amide bonds. The number of rotatable bonds is 9. The van der Waals surface area contributed by atoms with Gasteiger partial charge in [0.05, 0.1) is 12.4 Å². The van der Waals surface area contributed by atoms with Crippen molar-refractivity contribution >= 4 is 15.8 Å². The second-order valence-corrected chi connectivity index (χ2v) is 6.13. The number of aliphatic imine (C=N–C) groups is 1. The van der Waals surface area contributed by atoms with Crippen molar-refractivity contribution in [2.75, 3.05) is 44.9 Å². The Morgan fingerprint density at radius 2 is 2.00 bits per heavy atom. The topological polar surface area (TPSA) is 79.8 Å². The van der Waals surface area contributed by atoms with Crippen LogP contribution in [0.1, 0.15) is 20.3 Å². The lowest BCUT2D eigenvalue weighted by Crippen LogP contribution is -2.39. The number of hydrogen-bond donors (Lipinski definition) is 2. The summed E-state index contributed by atoms with van der Waals surface area (Å²) in [7, 11) is -2.89. The first kappa shape index (κ1) is 17.2. The molecule has 0 aliphatic carbocycles. The van der Waals surface area contributed by atoms with E-state index in [1.165, 1.54) is 6.26 Å². The van der Waals surface area contributed by atoms with Gasteiger partial charge in [-0.25, -0.2) is 8.42 Å². The Morgan fingerprint density at radius 1 is 1.28 bits per heavy atom. The molecule has 18 heavy (non-hydrogen) atoms. The van der Waals surface area contributed by atoms with E-state index in [4.69, 9.17) is 4.74 Å². The van der Waals surface area contributed by atoms with Gasteiger partial charge in [-0.3, -0.25) is 4.99 Å². The summed E-state index contributed by atoms with van der Waals surface area (Å²) in [5.74, 6) is 0.875. The van der Waals surface area contributed by atoms with Crippen LogP contribution in [0.4, 0.5) is 0 Å². The lowest BCUT2D eigenvalue weighted by molar-refractivity contribution is 0.152. The van der Waals surface area contributed by atoms with Gasteiger partial charge in [-0.05, 0) is 20.3 Å². The van der Waals surface area contributed by atoms with Gasteiger partial charge in [-0.1, -0.05) is 0 Å². The number of guanidine groups is 1. The number of hydrogen-bond acceptors (Lipinski definition) is 4. The van der Waals surface area contributed by atoms with Crippen LogP contribution >= 0.6 is 0 Å². The molecule has 0 spiro atoms. The lowest BCUT2D eigenvalue weighted by atomic mass is 10.5. The van der Waals surface area contributed by atoms with Gasteiger partial charge in [0, 0.05) is 32.5 Å². The third-order valence-electron chi connectivity index (χ3n) is 2.03. The van der Waals surface area contributed by atoms with Crippen LogP contribution in [0.3, 0.4) is 0 Å². The number of nitrogens with one attached hydrogen (secondary N) is 2. The van der Waals surface area contributed by atoms with Gasteiger partial charge in [0.2, 0.25) is 0 Å². The van der Waals surface area contributed by atoms with Gasteiger partial charge in [0.1, 0.15) is 9.84 Å². The molecule has 0 aromatic carbocycles. The number of sulfone groups is 1. The summed E-state index contributed by atoms with van der Waals surface area (Å²) in [6.07, 6.45) is 1.78. The molecule has 2 N–H and O–H groups in total. The van der Waals surface area contributed by atoms with E-state index in [0.717, 1.165) is 6.54 Å². The highest BCUT2D eigenvalue weighted by atomic mass is 32.2. The summed E-state index contributed by atoms with van der Waals surface area (Å²) in [4.78, 5) is 4.29. The fraction of sp³-hybridized carbons (Fsp3) is 0.909. The first-order valence-electron chi connectivity index (χ1n) is 6.27. The minimum absolute atomic E-state index is 0.175. The maximum atomic E-state index is 10.9. The van der Waals surface area contributed by atoms with E-state index in [1.54, 1.807) is 0 Å². The van der Waals surface area contributed by atoms with E-state index in [9.17, 15) is 8.42 Å². The summed E-state index contributed by atoms with van der Waals surface area (Å²) in [6, 6.07) is 0. The molecule has 0 aromatic heterocycles. The maximum absolute atomic E-state index is 10.9. The molecule has 0 saturated carbocycles. The summed E-state index contributed by atoms with van der Waals surface area (Å²) >= 11 is 0. The molecule has 0 atom stereocenters. The second kappa shape index (κ2) is 10.1. The van der Waals surface area contributed by atoms with E-state index < -0.39 is 9.84 Å². The van der Waals surface area contributed by atoms with E-state index in [1.807, 2.05) is 13.8 Å². The standard InChI is InChI=1S/C11H25N3O3S/c1-4-12-11(14-8-9-17-5-2)13-7-6-10-18(3,15)16/h4-10H2,1-3H3,(H2,12,13,14). The van der Waals surface area contributed by atoms with Crippen LogP contribution in [0.25, 0.3) is 0 Å². The molecule has 0 saturated heterocycles. The number of ether oxygens (including phenoxy) is 1. The molecule has 0 aliphatic heterocycles. The zero-order valence-corrected chi connectivity index (χ0v) is 12.3. The van der Waals surface area contributed by atoms with Crippen LogP contribution in [-0.2, 0) is 14.6 Å². The molecular weight excluding hydrogens is 254 g/mol. The predicted molar refractivity (Wildman–Crippen MR) is 74.8 cm³/mol. The molecule has 0 rings (SSSR count). The Balaban J connectivity index is 3.91. The molecule has 0 radical (unpaired) electrons. The van der Waals surface area contributed by atoms with E-state index in [-0.39, 0.29) is 5.75 Å². The van der Waals surface area contributed by atoms with Crippen molar-refractivity contribution in [3.05, 3.63) is 0 Å². The van der Waals surface area contributed by atoms with E-state index in [2.05, 4.69) is 15.6 Å². The normalized spacial score (nSPS) is 12.5. The Kier molecular flexibility index (Phi) is 9.67. The third kappa shape index (κ3) is 11.7. The van der Waals surface area contributed by atoms with Crippen LogP contribution in [0.5, 0.6) is 0 Å². The van der Waals surface area contributed by atoms with Crippen LogP contribution in [0.2, 0.25) is 0 Å².